The molecule has 4 aromatic heterocycles. The third-order valence-electron chi connectivity index (χ3n) is 14.3. The zero-order valence-electron chi connectivity index (χ0n) is 42.0. The van der Waals surface area contributed by atoms with Crippen LogP contribution in [0.25, 0.3) is 41.3 Å². The SMILES string of the molecule is CCCCCCCCCCCCc1csc(-c2c3nc(CCC(CC)CCCC)sc3c(-c3cc(CCCCCCCCCCCC)cs3)c3nc(CCC(CC)CCCC)sc23)c1. The number of unbranched alkanes of at least 4 members (excludes halogenated alkanes) is 20. The van der Waals surface area contributed by atoms with Gasteiger partial charge in [-0.3, -0.25) is 0 Å². The predicted molar refractivity (Wildman–Crippen MR) is 294 cm³/mol. The summed E-state index contributed by atoms with van der Waals surface area (Å²) in [6.45, 7) is 14.1. The Morgan fingerprint density at radius 3 is 1.08 bits per heavy atom. The van der Waals surface area contributed by atoms with Crippen LogP contribution in [0, 0.1) is 11.8 Å². The van der Waals surface area contributed by atoms with Crippen LogP contribution in [0.1, 0.15) is 255 Å². The molecule has 0 bridgehead atoms. The molecule has 1 aromatic carbocycles. The first-order valence-corrected chi connectivity index (χ1v) is 30.8. The molecule has 0 spiro atoms. The molecule has 2 nitrogen and oxygen atoms in total. The van der Waals surface area contributed by atoms with Gasteiger partial charge in [0.15, 0.2) is 0 Å². The number of fused-ring (bicyclic) bond motifs is 2. The molecule has 6 heteroatoms. The molecule has 0 saturated heterocycles. The standard InChI is InChI=1S/C58H92N2S4/c1-7-13-17-19-21-23-25-27-29-31-35-47-41-49(61-43-47)53-55-58(64-51(59-55)39-37-45(11-5)33-15-9-3)54(56-57(53)63-52(60-56)40-38-46(12-6)34-16-10-4)50-42-48(44-62-50)36-32-30-28-26-24-22-20-18-14-8-2/h41-46H,7-40H2,1-6H3. The zero-order valence-corrected chi connectivity index (χ0v) is 45.3. The van der Waals surface area contributed by atoms with E-state index in [2.05, 4.69) is 64.4 Å². The summed E-state index contributed by atoms with van der Waals surface area (Å²) >= 11 is 7.94. The van der Waals surface area contributed by atoms with Crippen molar-refractivity contribution < 1.29 is 0 Å². The fourth-order valence-corrected chi connectivity index (χ4v) is 14.4. The first-order valence-electron chi connectivity index (χ1n) is 27.4. The molecular formula is C58H92N2S4. The number of aryl methyl sites for hydroxylation is 4. The molecule has 2 atom stereocenters. The van der Waals surface area contributed by atoms with Gasteiger partial charge in [-0.05, 0) is 97.2 Å². The fourth-order valence-electron chi connectivity index (χ4n) is 9.95. The lowest BCUT2D eigenvalue weighted by Gasteiger charge is -2.12. The quantitative estimate of drug-likeness (QED) is 0.0369. The Morgan fingerprint density at radius 1 is 0.391 bits per heavy atom. The van der Waals surface area contributed by atoms with Crippen molar-refractivity contribution in [1.29, 1.82) is 0 Å². The van der Waals surface area contributed by atoms with Crippen molar-refractivity contribution in [3.63, 3.8) is 0 Å². The van der Waals surface area contributed by atoms with Crippen molar-refractivity contribution in [2.24, 2.45) is 11.8 Å². The minimum absolute atomic E-state index is 0.791. The zero-order chi connectivity index (χ0) is 45.2. The molecule has 4 heterocycles. The van der Waals surface area contributed by atoms with Crippen molar-refractivity contribution in [3.8, 4) is 20.9 Å². The van der Waals surface area contributed by atoms with Crippen LogP contribution in [0.15, 0.2) is 22.9 Å². The number of hydrogen-bond acceptors (Lipinski definition) is 6. The van der Waals surface area contributed by atoms with Crippen molar-refractivity contribution in [3.05, 3.63) is 44.0 Å². The van der Waals surface area contributed by atoms with Crippen LogP contribution >= 0.6 is 45.3 Å². The van der Waals surface area contributed by atoms with E-state index in [0.717, 1.165) is 24.7 Å². The van der Waals surface area contributed by atoms with Crippen molar-refractivity contribution >= 4 is 65.8 Å². The van der Waals surface area contributed by atoms with Crippen LogP contribution in [-0.4, -0.2) is 9.97 Å². The largest absolute Gasteiger partial charge is 0.240 e. The molecule has 0 aliphatic rings. The molecular weight excluding hydrogens is 853 g/mol. The topological polar surface area (TPSA) is 25.8 Å². The van der Waals surface area contributed by atoms with Crippen LogP contribution in [0.2, 0.25) is 0 Å². The van der Waals surface area contributed by atoms with Crippen LogP contribution < -0.4 is 0 Å². The van der Waals surface area contributed by atoms with Gasteiger partial charge in [0, 0.05) is 20.9 Å². The highest BCUT2D eigenvalue weighted by atomic mass is 32.1. The van der Waals surface area contributed by atoms with Crippen molar-refractivity contribution in [1.82, 2.24) is 9.97 Å². The third-order valence-corrected chi connectivity index (χ3v) is 18.6. The van der Waals surface area contributed by atoms with Gasteiger partial charge in [0.1, 0.15) is 0 Å². The highest BCUT2D eigenvalue weighted by Crippen LogP contribution is 2.50. The Bertz CT molecular complexity index is 1770. The first kappa shape index (κ1) is 53.4. The molecule has 5 aromatic rings. The third kappa shape index (κ3) is 17.5. The number of rotatable bonds is 38. The second-order valence-electron chi connectivity index (χ2n) is 19.7. The van der Waals surface area contributed by atoms with Gasteiger partial charge in [-0.25, -0.2) is 9.97 Å². The Kier molecular flexibility index (Phi) is 26.2. The summed E-state index contributed by atoms with van der Waals surface area (Å²) in [5, 5.41) is 7.61. The van der Waals surface area contributed by atoms with Gasteiger partial charge in [-0.2, -0.15) is 0 Å². The lowest BCUT2D eigenvalue weighted by molar-refractivity contribution is 0.421. The van der Waals surface area contributed by atoms with E-state index in [-0.39, 0.29) is 0 Å². The van der Waals surface area contributed by atoms with E-state index >= 15 is 0 Å². The summed E-state index contributed by atoms with van der Waals surface area (Å²) in [6, 6.07) is 5.10. The average molecular weight is 946 g/mol. The molecule has 64 heavy (non-hydrogen) atoms. The Labute approximate surface area is 409 Å². The maximum Gasteiger partial charge on any atom is 0.0939 e. The number of thiophene rings is 2. The number of aromatic nitrogens is 2. The Balaban J connectivity index is 1.42. The summed E-state index contributed by atoms with van der Waals surface area (Å²) in [4.78, 5) is 14.2. The van der Waals surface area contributed by atoms with Gasteiger partial charge in [0.2, 0.25) is 0 Å². The van der Waals surface area contributed by atoms with E-state index in [1.165, 1.54) is 268 Å². The van der Waals surface area contributed by atoms with E-state index in [0.29, 0.717) is 0 Å². The Hall–Kier alpha value is -1.60. The average Bonchev–Trinajstić information content (AvgIpc) is 4.14. The molecule has 0 amide bonds. The van der Waals surface area contributed by atoms with E-state index in [1.54, 1.807) is 0 Å². The highest BCUT2D eigenvalue weighted by molar-refractivity contribution is 7.23. The van der Waals surface area contributed by atoms with Gasteiger partial charge in [0.05, 0.1) is 30.4 Å². The summed E-state index contributed by atoms with van der Waals surface area (Å²) < 4.78 is 2.78. The van der Waals surface area contributed by atoms with Crippen molar-refractivity contribution in [2.45, 2.75) is 260 Å². The monoisotopic (exact) mass is 945 g/mol. The van der Waals surface area contributed by atoms with Crippen LogP contribution in [0.3, 0.4) is 0 Å². The van der Waals surface area contributed by atoms with E-state index in [9.17, 15) is 0 Å². The van der Waals surface area contributed by atoms with Gasteiger partial charge in [-0.15, -0.1) is 45.3 Å². The second-order valence-corrected chi connectivity index (χ2v) is 23.7. The number of benzene rings is 1. The van der Waals surface area contributed by atoms with E-state index in [1.807, 2.05) is 45.3 Å². The van der Waals surface area contributed by atoms with Crippen molar-refractivity contribution in [2.75, 3.05) is 0 Å². The summed E-state index contributed by atoms with van der Waals surface area (Å²) in [5.41, 5.74) is 8.32. The molecule has 0 radical (unpaired) electrons. The normalized spacial score (nSPS) is 13.0. The summed E-state index contributed by atoms with van der Waals surface area (Å²) in [7, 11) is 0. The molecule has 0 aliphatic carbocycles. The molecule has 5 rings (SSSR count). The molecule has 0 fully saturated rings. The van der Waals surface area contributed by atoms with Crippen LogP contribution in [0.5, 0.6) is 0 Å². The number of hydrogen-bond donors (Lipinski definition) is 0. The predicted octanol–water partition coefficient (Wildman–Crippen LogP) is 21.6. The van der Waals surface area contributed by atoms with E-state index in [4.69, 9.17) is 9.97 Å². The lowest BCUT2D eigenvalue weighted by Crippen LogP contribution is -2.00. The summed E-state index contributed by atoms with van der Waals surface area (Å²) in [6.07, 6.45) is 45.4. The van der Waals surface area contributed by atoms with Gasteiger partial charge >= 0.3 is 0 Å². The maximum atomic E-state index is 5.70. The van der Waals surface area contributed by atoms with E-state index < -0.39 is 0 Å². The number of nitrogens with zero attached hydrogens (tertiary/aromatic N) is 2. The molecule has 0 N–H and O–H groups in total. The van der Waals surface area contributed by atoms with Gasteiger partial charge < -0.3 is 0 Å². The minimum Gasteiger partial charge on any atom is -0.240 e. The fraction of sp³-hybridized carbons (Fsp3) is 0.724. The van der Waals surface area contributed by atoms with Crippen LogP contribution in [0.4, 0.5) is 0 Å². The molecule has 0 aliphatic heterocycles. The number of thiazole rings is 2. The lowest BCUT2D eigenvalue weighted by atomic mass is 9.94. The highest BCUT2D eigenvalue weighted by Gasteiger charge is 2.26. The van der Waals surface area contributed by atoms with Crippen LogP contribution in [-0.2, 0) is 25.7 Å². The molecule has 2 unspecified atom stereocenters. The van der Waals surface area contributed by atoms with Gasteiger partial charge in [0.25, 0.3) is 0 Å². The Morgan fingerprint density at radius 2 is 0.734 bits per heavy atom. The summed E-state index contributed by atoms with van der Waals surface area (Å²) in [5.74, 6) is 1.58. The molecule has 358 valence electrons. The minimum atomic E-state index is 0.791. The smallest absolute Gasteiger partial charge is 0.0939 e. The van der Waals surface area contributed by atoms with Gasteiger partial charge in [-0.1, -0.05) is 208 Å². The molecule has 0 saturated carbocycles. The maximum absolute atomic E-state index is 5.70. The second kappa shape index (κ2) is 31.4. The first-order chi connectivity index (χ1) is 31.5.